The summed E-state index contributed by atoms with van der Waals surface area (Å²) in [5.41, 5.74) is 5.81. The van der Waals surface area contributed by atoms with Crippen molar-refractivity contribution in [2.75, 3.05) is 24.0 Å². The Hall–Kier alpha value is -3.93. The van der Waals surface area contributed by atoms with Gasteiger partial charge in [-0.3, -0.25) is 4.79 Å². The molecule has 6 rings (SSSR count). The average Bonchev–Trinajstić information content (AvgIpc) is 3.25. The molecule has 6 nitrogen and oxygen atoms in total. The van der Waals surface area contributed by atoms with Crippen molar-refractivity contribution in [1.29, 1.82) is 0 Å². The third kappa shape index (κ3) is 3.65. The number of ketones is 1. The maximum atomic E-state index is 13.7. The Labute approximate surface area is 198 Å². The van der Waals surface area contributed by atoms with Crippen LogP contribution in [0.1, 0.15) is 42.9 Å². The number of para-hydroxylation sites is 2. The van der Waals surface area contributed by atoms with Crippen LogP contribution in [0.3, 0.4) is 0 Å². The summed E-state index contributed by atoms with van der Waals surface area (Å²) in [5.74, 6) is 2.55. The second-order valence-electron chi connectivity index (χ2n) is 8.78. The summed E-state index contributed by atoms with van der Waals surface area (Å²) in [5, 5.41) is 7.21. The van der Waals surface area contributed by atoms with Gasteiger partial charge in [0.1, 0.15) is 5.75 Å². The summed E-state index contributed by atoms with van der Waals surface area (Å²) in [7, 11) is 0. The normalized spacial score (nSPS) is 20.6. The van der Waals surface area contributed by atoms with Crippen LogP contribution in [0.5, 0.6) is 17.2 Å². The molecule has 172 valence electrons. The topological polar surface area (TPSA) is 68.8 Å². The van der Waals surface area contributed by atoms with Gasteiger partial charge in [-0.1, -0.05) is 30.3 Å². The number of allylic oxidation sites excluding steroid dienone is 1. The van der Waals surface area contributed by atoms with Gasteiger partial charge in [-0.25, -0.2) is 0 Å². The highest BCUT2D eigenvalue weighted by Crippen LogP contribution is 2.45. The van der Waals surface area contributed by atoms with Crippen LogP contribution in [0.25, 0.3) is 0 Å². The molecule has 3 aliphatic rings. The second-order valence-corrected chi connectivity index (χ2v) is 8.78. The van der Waals surface area contributed by atoms with Crippen molar-refractivity contribution in [2.45, 2.75) is 31.7 Å². The van der Waals surface area contributed by atoms with Crippen LogP contribution >= 0.6 is 0 Å². The van der Waals surface area contributed by atoms with Crippen LogP contribution in [0, 0.1) is 0 Å². The molecule has 0 saturated carbocycles. The van der Waals surface area contributed by atoms with Crippen LogP contribution in [-0.2, 0) is 4.79 Å². The highest BCUT2D eigenvalue weighted by molar-refractivity contribution is 6.01. The molecule has 3 aromatic carbocycles. The SMILES string of the molecule is CCOc1ccc(C2CC(=O)C3=C(C2)Nc2ccccc2NC3c2ccc3c(c2)OCO3)cc1. The molecule has 3 aromatic rings. The Kier molecular flexibility index (Phi) is 5.13. The first-order chi connectivity index (χ1) is 16.7. The standard InChI is InChI=1S/C28H26N2O4/c1-2-32-20-10-7-17(8-11-20)19-13-23-27(24(31)14-19)28(30-22-6-4-3-5-21(22)29-23)18-9-12-25-26(15-18)34-16-33-25/h3-12,15,19,28-30H,2,13-14,16H2,1H3. The van der Waals surface area contributed by atoms with Gasteiger partial charge in [-0.05, 0) is 66.8 Å². The van der Waals surface area contributed by atoms with Crippen molar-refractivity contribution in [3.63, 3.8) is 0 Å². The zero-order chi connectivity index (χ0) is 23.1. The monoisotopic (exact) mass is 454 g/mol. The molecule has 2 aliphatic heterocycles. The zero-order valence-corrected chi connectivity index (χ0v) is 19.0. The first-order valence-electron chi connectivity index (χ1n) is 11.7. The molecule has 6 heteroatoms. The fraction of sp³-hybridized carbons (Fsp3) is 0.250. The lowest BCUT2D eigenvalue weighted by Crippen LogP contribution is -2.26. The first kappa shape index (κ1) is 20.7. The van der Waals surface area contributed by atoms with E-state index in [1.54, 1.807) is 0 Å². The van der Waals surface area contributed by atoms with Crippen molar-refractivity contribution in [2.24, 2.45) is 0 Å². The molecule has 0 bridgehead atoms. The van der Waals surface area contributed by atoms with Gasteiger partial charge in [0.05, 0.1) is 24.0 Å². The summed E-state index contributed by atoms with van der Waals surface area (Å²) < 4.78 is 16.7. The fourth-order valence-electron chi connectivity index (χ4n) is 5.07. The molecule has 0 fully saturated rings. The van der Waals surface area contributed by atoms with Gasteiger partial charge in [-0.2, -0.15) is 0 Å². The lowest BCUT2D eigenvalue weighted by molar-refractivity contribution is -0.116. The van der Waals surface area contributed by atoms with E-state index in [0.29, 0.717) is 18.8 Å². The number of carbonyl (C=O) groups excluding carboxylic acids is 1. The van der Waals surface area contributed by atoms with E-state index in [-0.39, 0.29) is 24.5 Å². The minimum absolute atomic E-state index is 0.108. The molecule has 0 aromatic heterocycles. The number of hydrogen-bond acceptors (Lipinski definition) is 6. The lowest BCUT2D eigenvalue weighted by atomic mass is 9.78. The Morgan fingerprint density at radius 2 is 1.68 bits per heavy atom. The summed E-state index contributed by atoms with van der Waals surface area (Å²) >= 11 is 0. The maximum absolute atomic E-state index is 13.7. The Bertz CT molecular complexity index is 1280. The highest BCUT2D eigenvalue weighted by atomic mass is 16.7. The van der Waals surface area contributed by atoms with Crippen LogP contribution in [-0.4, -0.2) is 19.2 Å². The van der Waals surface area contributed by atoms with Crippen LogP contribution < -0.4 is 24.8 Å². The molecule has 0 amide bonds. The van der Waals surface area contributed by atoms with Gasteiger partial charge in [-0.15, -0.1) is 0 Å². The predicted octanol–water partition coefficient (Wildman–Crippen LogP) is 5.79. The molecule has 2 unspecified atom stereocenters. The number of hydrogen-bond donors (Lipinski definition) is 2. The summed E-state index contributed by atoms with van der Waals surface area (Å²) in [6.45, 7) is 2.83. The molecule has 0 saturated heterocycles. The van der Waals surface area contributed by atoms with Gasteiger partial charge in [0.2, 0.25) is 6.79 Å². The van der Waals surface area contributed by atoms with Crippen molar-refractivity contribution in [3.8, 4) is 17.2 Å². The number of nitrogens with one attached hydrogen (secondary N) is 2. The van der Waals surface area contributed by atoms with E-state index in [1.165, 1.54) is 0 Å². The molecular formula is C28H26N2O4. The maximum Gasteiger partial charge on any atom is 0.231 e. The quantitative estimate of drug-likeness (QED) is 0.520. The third-order valence-corrected chi connectivity index (χ3v) is 6.70. The average molecular weight is 455 g/mol. The Morgan fingerprint density at radius 1 is 0.912 bits per heavy atom. The van der Waals surface area contributed by atoms with Crippen molar-refractivity contribution >= 4 is 17.2 Å². The molecule has 2 heterocycles. The molecule has 34 heavy (non-hydrogen) atoms. The number of anilines is 2. The minimum atomic E-state index is -0.283. The lowest BCUT2D eigenvalue weighted by Gasteiger charge is -2.30. The number of ether oxygens (including phenoxy) is 3. The van der Waals surface area contributed by atoms with E-state index >= 15 is 0 Å². The Morgan fingerprint density at radius 3 is 2.50 bits per heavy atom. The Balaban J connectivity index is 1.40. The predicted molar refractivity (Wildman–Crippen MR) is 131 cm³/mol. The molecular weight excluding hydrogens is 428 g/mol. The number of rotatable bonds is 4. The fourth-order valence-corrected chi connectivity index (χ4v) is 5.07. The molecule has 2 N–H and O–H groups in total. The smallest absolute Gasteiger partial charge is 0.231 e. The second kappa shape index (κ2) is 8.45. The van der Waals surface area contributed by atoms with Crippen LogP contribution in [0.15, 0.2) is 78.0 Å². The number of carbonyl (C=O) groups is 1. The van der Waals surface area contributed by atoms with Gasteiger partial charge in [0.25, 0.3) is 0 Å². The first-order valence-corrected chi connectivity index (χ1v) is 11.7. The summed E-state index contributed by atoms with van der Waals surface area (Å²) in [4.78, 5) is 13.7. The van der Waals surface area contributed by atoms with E-state index in [1.807, 2.05) is 61.5 Å². The molecule has 0 spiro atoms. The van der Waals surface area contributed by atoms with Crippen LogP contribution in [0.4, 0.5) is 11.4 Å². The van der Waals surface area contributed by atoms with E-state index in [9.17, 15) is 4.79 Å². The van der Waals surface area contributed by atoms with Gasteiger partial charge < -0.3 is 24.8 Å². The number of fused-ring (bicyclic) bond motifs is 2. The van der Waals surface area contributed by atoms with Gasteiger partial charge in [0, 0.05) is 17.7 Å². The highest BCUT2D eigenvalue weighted by Gasteiger charge is 2.36. The van der Waals surface area contributed by atoms with E-state index in [0.717, 1.165) is 51.7 Å². The number of benzene rings is 3. The molecule has 2 atom stereocenters. The summed E-state index contributed by atoms with van der Waals surface area (Å²) in [6.07, 6.45) is 1.22. The van der Waals surface area contributed by atoms with Crippen molar-refractivity contribution in [1.82, 2.24) is 0 Å². The van der Waals surface area contributed by atoms with E-state index < -0.39 is 0 Å². The molecule has 0 radical (unpaired) electrons. The third-order valence-electron chi connectivity index (χ3n) is 6.70. The molecule has 1 aliphatic carbocycles. The van der Waals surface area contributed by atoms with Crippen molar-refractivity contribution < 1.29 is 19.0 Å². The minimum Gasteiger partial charge on any atom is -0.494 e. The van der Waals surface area contributed by atoms with E-state index in [4.69, 9.17) is 14.2 Å². The van der Waals surface area contributed by atoms with Crippen molar-refractivity contribution in [3.05, 3.63) is 89.1 Å². The van der Waals surface area contributed by atoms with Gasteiger partial charge >= 0.3 is 0 Å². The van der Waals surface area contributed by atoms with Crippen LogP contribution in [0.2, 0.25) is 0 Å². The van der Waals surface area contributed by atoms with E-state index in [2.05, 4.69) is 22.8 Å². The summed E-state index contributed by atoms with van der Waals surface area (Å²) in [6, 6.07) is 21.8. The number of Topliss-reactive ketones (excluding diaryl/α,β-unsaturated/α-hetero) is 1. The largest absolute Gasteiger partial charge is 0.494 e. The van der Waals surface area contributed by atoms with Gasteiger partial charge in [0.15, 0.2) is 17.3 Å². The zero-order valence-electron chi connectivity index (χ0n) is 19.0.